The highest BCUT2D eigenvalue weighted by molar-refractivity contribution is 6.43. The Hall–Kier alpha value is -1.37. The largest absolute Gasteiger partial charge is 0.381 e. The number of amides is 1. The molecule has 1 saturated heterocycles. The Kier molecular flexibility index (Phi) is 5.03. The number of hydrogen-bond donors (Lipinski definition) is 1. The number of nitrogens with zero attached hydrogens (tertiary/aromatic N) is 1. The molecular weight excluding hydrogens is 319 g/mol. The maximum absolute atomic E-state index is 12.2. The van der Waals surface area contributed by atoms with E-state index >= 15 is 0 Å². The average molecular weight is 333 g/mol. The van der Waals surface area contributed by atoms with Gasteiger partial charge in [-0.15, -0.1) is 0 Å². The lowest BCUT2D eigenvalue weighted by atomic mass is 10.0. The van der Waals surface area contributed by atoms with Crippen LogP contribution in [0.25, 0.3) is 0 Å². The number of nitro benzene ring substituents is 1. The van der Waals surface area contributed by atoms with Crippen LogP contribution in [0.3, 0.4) is 0 Å². The fourth-order valence-electron chi connectivity index (χ4n) is 2.19. The van der Waals surface area contributed by atoms with Crippen molar-refractivity contribution < 1.29 is 14.5 Å². The molecule has 2 rings (SSSR count). The van der Waals surface area contributed by atoms with Crippen LogP contribution >= 0.6 is 23.2 Å². The van der Waals surface area contributed by atoms with Crippen LogP contribution in [0.1, 0.15) is 23.7 Å². The van der Waals surface area contributed by atoms with Gasteiger partial charge in [0.15, 0.2) is 0 Å². The number of rotatable bonds is 4. The molecule has 0 aromatic heterocycles. The van der Waals surface area contributed by atoms with Crippen LogP contribution in [0.4, 0.5) is 5.69 Å². The molecular formula is C13H14Cl2N2O4. The summed E-state index contributed by atoms with van der Waals surface area (Å²) in [5.41, 5.74) is -0.270. The fraction of sp³-hybridized carbons (Fsp3) is 0.462. The Balaban J connectivity index is 2.17. The van der Waals surface area contributed by atoms with Crippen molar-refractivity contribution in [2.45, 2.75) is 19.4 Å². The Morgan fingerprint density at radius 3 is 2.81 bits per heavy atom. The average Bonchev–Trinajstić information content (AvgIpc) is 2.95. The lowest BCUT2D eigenvalue weighted by Gasteiger charge is -2.19. The monoisotopic (exact) mass is 332 g/mol. The predicted octanol–water partition coefficient (Wildman–Crippen LogP) is 3.06. The first kappa shape index (κ1) is 16.0. The molecule has 0 bridgehead atoms. The highest BCUT2D eigenvalue weighted by Crippen LogP contribution is 2.33. The molecule has 6 nitrogen and oxygen atoms in total. The van der Waals surface area contributed by atoms with Gasteiger partial charge in [-0.1, -0.05) is 23.2 Å². The molecule has 21 heavy (non-hydrogen) atoms. The first-order valence-electron chi connectivity index (χ1n) is 6.42. The third kappa shape index (κ3) is 3.64. The second kappa shape index (κ2) is 6.60. The van der Waals surface area contributed by atoms with Crippen molar-refractivity contribution in [1.82, 2.24) is 5.32 Å². The Morgan fingerprint density at radius 1 is 1.52 bits per heavy atom. The van der Waals surface area contributed by atoms with Crippen LogP contribution < -0.4 is 5.32 Å². The minimum absolute atomic E-state index is 0.0205. The van der Waals surface area contributed by atoms with Gasteiger partial charge in [-0.25, -0.2) is 0 Å². The summed E-state index contributed by atoms with van der Waals surface area (Å²) in [5.74, 6) is -0.178. The summed E-state index contributed by atoms with van der Waals surface area (Å²) in [7, 11) is 0. The van der Waals surface area contributed by atoms with Gasteiger partial charge in [0.25, 0.3) is 11.6 Å². The van der Waals surface area contributed by atoms with Crippen molar-refractivity contribution in [3.05, 3.63) is 37.9 Å². The maximum Gasteiger partial charge on any atom is 0.290 e. The third-order valence-corrected chi connectivity index (χ3v) is 4.29. The first-order valence-corrected chi connectivity index (χ1v) is 7.17. The molecule has 0 spiro atoms. The second-order valence-corrected chi connectivity index (χ2v) is 5.72. The van der Waals surface area contributed by atoms with E-state index in [0.29, 0.717) is 13.2 Å². The molecule has 1 aliphatic heterocycles. The van der Waals surface area contributed by atoms with Gasteiger partial charge in [-0.05, 0) is 19.4 Å². The molecule has 0 radical (unpaired) electrons. The zero-order chi connectivity index (χ0) is 15.6. The standard InChI is InChI=1S/C13H14Cl2N2O4/c1-7(8-2-3-21-6-8)16-13(18)9-4-10(14)12(15)11(5-9)17(19)20/h4-5,7-8H,2-3,6H2,1H3,(H,16,18). The third-order valence-electron chi connectivity index (χ3n) is 3.50. The molecule has 2 atom stereocenters. The Labute approximate surface area is 131 Å². The van der Waals surface area contributed by atoms with E-state index in [1.165, 1.54) is 6.07 Å². The van der Waals surface area contributed by atoms with E-state index in [1.807, 2.05) is 6.92 Å². The van der Waals surface area contributed by atoms with Crippen LogP contribution in [0, 0.1) is 16.0 Å². The molecule has 8 heteroatoms. The number of halogens is 2. The molecule has 1 fully saturated rings. The van der Waals surface area contributed by atoms with Gasteiger partial charge in [0.1, 0.15) is 5.02 Å². The van der Waals surface area contributed by atoms with Crippen LogP contribution in [0.2, 0.25) is 10.0 Å². The molecule has 1 aromatic carbocycles. The van der Waals surface area contributed by atoms with Crippen LogP contribution in [0.15, 0.2) is 12.1 Å². The van der Waals surface area contributed by atoms with E-state index in [4.69, 9.17) is 27.9 Å². The van der Waals surface area contributed by atoms with Gasteiger partial charge in [-0.3, -0.25) is 14.9 Å². The fourth-order valence-corrected chi connectivity index (χ4v) is 2.59. The molecule has 0 saturated carbocycles. The van der Waals surface area contributed by atoms with Gasteiger partial charge in [-0.2, -0.15) is 0 Å². The highest BCUT2D eigenvalue weighted by atomic mass is 35.5. The van der Waals surface area contributed by atoms with E-state index in [0.717, 1.165) is 12.5 Å². The van der Waals surface area contributed by atoms with Gasteiger partial charge < -0.3 is 10.1 Å². The smallest absolute Gasteiger partial charge is 0.290 e. The minimum atomic E-state index is -0.667. The lowest BCUT2D eigenvalue weighted by Crippen LogP contribution is -2.38. The van der Waals surface area contributed by atoms with E-state index < -0.39 is 10.8 Å². The molecule has 1 aromatic rings. The number of ether oxygens (including phenoxy) is 1. The number of nitro groups is 1. The molecule has 2 unspecified atom stereocenters. The number of carbonyl (C=O) groups is 1. The summed E-state index contributed by atoms with van der Waals surface area (Å²) in [5, 5.41) is 13.5. The number of hydrogen-bond acceptors (Lipinski definition) is 4. The Bertz CT molecular complexity index is 574. The van der Waals surface area contributed by atoms with Gasteiger partial charge in [0.05, 0.1) is 16.6 Å². The number of nitrogens with one attached hydrogen (secondary N) is 1. The minimum Gasteiger partial charge on any atom is -0.381 e. The first-order chi connectivity index (χ1) is 9.90. The van der Waals surface area contributed by atoms with Gasteiger partial charge in [0.2, 0.25) is 0 Å². The molecule has 114 valence electrons. The highest BCUT2D eigenvalue weighted by Gasteiger charge is 2.25. The van der Waals surface area contributed by atoms with Crippen molar-refractivity contribution in [1.29, 1.82) is 0 Å². The normalized spacial score (nSPS) is 19.3. The van der Waals surface area contributed by atoms with E-state index in [9.17, 15) is 14.9 Å². The SMILES string of the molecule is CC(NC(=O)c1cc(Cl)c(Cl)c([N+](=O)[O-])c1)C1CCOC1. The van der Waals surface area contributed by atoms with Crippen LogP contribution in [0.5, 0.6) is 0 Å². The summed E-state index contributed by atoms with van der Waals surface area (Å²) >= 11 is 11.6. The molecule has 0 aliphatic carbocycles. The lowest BCUT2D eigenvalue weighted by molar-refractivity contribution is -0.384. The molecule has 1 N–H and O–H groups in total. The van der Waals surface area contributed by atoms with Crippen molar-refractivity contribution in [2.24, 2.45) is 5.92 Å². The topological polar surface area (TPSA) is 81.5 Å². The quantitative estimate of drug-likeness (QED) is 0.678. The van der Waals surface area contributed by atoms with Crippen molar-refractivity contribution in [3.8, 4) is 0 Å². The summed E-state index contributed by atoms with van der Waals surface area (Å²) in [6.45, 7) is 3.16. The van der Waals surface area contributed by atoms with Crippen molar-refractivity contribution >= 4 is 34.8 Å². The molecule has 1 heterocycles. The zero-order valence-electron chi connectivity index (χ0n) is 11.3. The summed E-state index contributed by atoms with van der Waals surface area (Å²) in [6, 6.07) is 2.36. The van der Waals surface area contributed by atoms with E-state index in [-0.39, 0.29) is 33.3 Å². The molecule has 1 aliphatic rings. The van der Waals surface area contributed by atoms with E-state index in [1.54, 1.807) is 0 Å². The summed E-state index contributed by atoms with van der Waals surface area (Å²) < 4.78 is 5.27. The van der Waals surface area contributed by atoms with Crippen molar-refractivity contribution in [2.75, 3.05) is 13.2 Å². The van der Waals surface area contributed by atoms with Crippen LogP contribution in [-0.4, -0.2) is 30.1 Å². The van der Waals surface area contributed by atoms with Gasteiger partial charge >= 0.3 is 0 Å². The summed E-state index contributed by atoms with van der Waals surface area (Å²) in [6.07, 6.45) is 0.878. The summed E-state index contributed by atoms with van der Waals surface area (Å²) in [4.78, 5) is 22.4. The zero-order valence-corrected chi connectivity index (χ0v) is 12.8. The molecule has 1 amide bonds. The van der Waals surface area contributed by atoms with Gasteiger partial charge in [0, 0.05) is 30.2 Å². The van der Waals surface area contributed by atoms with Crippen molar-refractivity contribution in [3.63, 3.8) is 0 Å². The second-order valence-electron chi connectivity index (χ2n) is 4.93. The number of carbonyl (C=O) groups excluding carboxylic acids is 1. The predicted molar refractivity (Wildman–Crippen MR) is 79.0 cm³/mol. The Morgan fingerprint density at radius 2 is 2.24 bits per heavy atom. The van der Waals surface area contributed by atoms with Crippen LogP contribution in [-0.2, 0) is 4.74 Å². The number of benzene rings is 1. The maximum atomic E-state index is 12.2. The van der Waals surface area contributed by atoms with E-state index in [2.05, 4.69) is 5.32 Å².